The minimum atomic E-state index is -0.298. The molecule has 3 rings (SSSR count). The van der Waals surface area contributed by atoms with Gasteiger partial charge in [-0.3, -0.25) is 0 Å². The summed E-state index contributed by atoms with van der Waals surface area (Å²) in [5.74, 6) is 0.147. The Balaban J connectivity index is 1.63. The van der Waals surface area contributed by atoms with Crippen molar-refractivity contribution in [3.05, 3.63) is 87.4 Å². The van der Waals surface area contributed by atoms with E-state index in [2.05, 4.69) is 59.2 Å². The Morgan fingerprint density at radius 3 is 2.25 bits per heavy atom. The summed E-state index contributed by atoms with van der Waals surface area (Å²) in [6, 6.07) is 20.9. The lowest BCUT2D eigenvalue weighted by atomic mass is 9.93. The summed E-state index contributed by atoms with van der Waals surface area (Å²) >= 11 is 18.3. The predicted molar refractivity (Wildman–Crippen MR) is 154 cm³/mol. The molecule has 0 aromatic heterocycles. The van der Waals surface area contributed by atoms with Crippen LogP contribution in [0.3, 0.4) is 0 Å². The number of carbonyl (C=O) groups is 1. The largest absolute Gasteiger partial charge is 0.337 e. The Morgan fingerprint density at radius 2 is 1.58 bits per heavy atom. The predicted octanol–water partition coefficient (Wildman–Crippen LogP) is 7.15. The number of carbonyl (C=O) groups excluding carboxylic acids is 1. The molecule has 8 heteroatoms. The van der Waals surface area contributed by atoms with Crippen LogP contribution in [0.4, 0.5) is 10.5 Å². The quantitative estimate of drug-likeness (QED) is 0.211. The molecule has 0 saturated carbocycles. The number of rotatable bonds is 12. The van der Waals surface area contributed by atoms with Crippen LogP contribution < -0.4 is 16.0 Å². The van der Waals surface area contributed by atoms with Crippen molar-refractivity contribution in [2.45, 2.75) is 18.8 Å². The van der Waals surface area contributed by atoms with E-state index in [0.717, 1.165) is 43.6 Å². The number of amides is 2. The third-order valence-electron chi connectivity index (χ3n) is 5.80. The second-order valence-electron chi connectivity index (χ2n) is 9.02. The number of nitrogens with one attached hydrogen (secondary N) is 3. The fourth-order valence-corrected chi connectivity index (χ4v) is 4.66. The van der Waals surface area contributed by atoms with Gasteiger partial charge in [0.25, 0.3) is 0 Å². The van der Waals surface area contributed by atoms with Crippen molar-refractivity contribution in [3.8, 4) is 11.1 Å². The van der Waals surface area contributed by atoms with Gasteiger partial charge >= 0.3 is 6.03 Å². The van der Waals surface area contributed by atoms with Crippen molar-refractivity contribution >= 4 is 46.5 Å². The molecule has 0 fully saturated rings. The summed E-state index contributed by atoms with van der Waals surface area (Å²) in [6.07, 6.45) is 1.98. The molecule has 1 atom stereocenters. The van der Waals surface area contributed by atoms with Crippen LogP contribution in [0.2, 0.25) is 15.1 Å². The minimum absolute atomic E-state index is 0.147. The van der Waals surface area contributed by atoms with Gasteiger partial charge in [0.1, 0.15) is 0 Å². The molecule has 0 spiro atoms. The van der Waals surface area contributed by atoms with Crippen molar-refractivity contribution < 1.29 is 4.79 Å². The maximum atomic E-state index is 12.6. The summed E-state index contributed by atoms with van der Waals surface area (Å²) in [5, 5.41) is 11.0. The smallest absolute Gasteiger partial charge is 0.319 e. The molecule has 192 valence electrons. The maximum Gasteiger partial charge on any atom is 0.319 e. The van der Waals surface area contributed by atoms with Crippen molar-refractivity contribution in [1.29, 1.82) is 0 Å². The third-order valence-corrected chi connectivity index (χ3v) is 6.47. The highest BCUT2D eigenvalue weighted by Gasteiger charge is 2.14. The third kappa shape index (κ3) is 9.64. The van der Waals surface area contributed by atoms with Crippen molar-refractivity contribution in [3.63, 3.8) is 0 Å². The number of hydrogen-bond acceptors (Lipinski definition) is 3. The van der Waals surface area contributed by atoms with Crippen LogP contribution in [0.5, 0.6) is 0 Å². The first kappa shape index (κ1) is 28.3. The normalized spacial score (nSPS) is 11.9. The first-order valence-corrected chi connectivity index (χ1v) is 13.2. The second kappa shape index (κ2) is 14.5. The molecule has 2 amide bonds. The van der Waals surface area contributed by atoms with Gasteiger partial charge in [0.05, 0.1) is 0 Å². The highest BCUT2D eigenvalue weighted by molar-refractivity contribution is 6.35. The number of benzene rings is 3. The first-order valence-electron chi connectivity index (χ1n) is 12.0. The summed E-state index contributed by atoms with van der Waals surface area (Å²) in [7, 11) is 4.16. The number of urea groups is 1. The Bertz CT molecular complexity index is 1100. The average molecular weight is 548 g/mol. The molecule has 0 bridgehead atoms. The van der Waals surface area contributed by atoms with Crippen LogP contribution in [-0.2, 0) is 0 Å². The number of nitrogens with zero attached hydrogens (tertiary/aromatic N) is 1. The molecule has 3 aromatic carbocycles. The van der Waals surface area contributed by atoms with Gasteiger partial charge in [-0.15, -0.1) is 0 Å². The molecule has 0 aliphatic heterocycles. The number of hydrogen-bond donors (Lipinski definition) is 3. The highest BCUT2D eigenvalue weighted by atomic mass is 35.5. The Hall–Kier alpha value is -2.28. The van der Waals surface area contributed by atoms with Crippen LogP contribution >= 0.6 is 34.8 Å². The van der Waals surface area contributed by atoms with E-state index in [1.54, 1.807) is 18.2 Å². The van der Waals surface area contributed by atoms with Crippen LogP contribution in [0.15, 0.2) is 66.7 Å². The molecule has 36 heavy (non-hydrogen) atoms. The molecule has 0 saturated heterocycles. The summed E-state index contributed by atoms with van der Waals surface area (Å²) in [4.78, 5) is 14.8. The summed E-state index contributed by atoms with van der Waals surface area (Å²) < 4.78 is 0. The molecular formula is C28H33Cl3N4O. The molecule has 0 aliphatic rings. The Labute approximate surface area is 229 Å². The van der Waals surface area contributed by atoms with E-state index in [0.29, 0.717) is 27.3 Å². The lowest BCUT2D eigenvalue weighted by Gasteiger charge is -2.20. The van der Waals surface area contributed by atoms with E-state index in [1.165, 1.54) is 5.56 Å². The van der Waals surface area contributed by atoms with E-state index in [4.69, 9.17) is 34.8 Å². The monoisotopic (exact) mass is 546 g/mol. The summed E-state index contributed by atoms with van der Waals surface area (Å²) in [6.45, 7) is 3.37. The highest BCUT2D eigenvalue weighted by Crippen LogP contribution is 2.26. The minimum Gasteiger partial charge on any atom is -0.337 e. The lowest BCUT2D eigenvalue weighted by molar-refractivity contribution is 0.251. The zero-order chi connectivity index (χ0) is 25.9. The van der Waals surface area contributed by atoms with Gasteiger partial charge in [-0.2, -0.15) is 0 Å². The van der Waals surface area contributed by atoms with Gasteiger partial charge < -0.3 is 20.9 Å². The fraction of sp³-hybridized carbons (Fsp3) is 0.321. The number of anilines is 1. The van der Waals surface area contributed by atoms with Crippen LogP contribution in [0.1, 0.15) is 24.3 Å². The first-order chi connectivity index (χ1) is 17.3. The van der Waals surface area contributed by atoms with Crippen molar-refractivity contribution in [2.24, 2.45) is 0 Å². The van der Waals surface area contributed by atoms with E-state index in [1.807, 2.05) is 24.3 Å². The average Bonchev–Trinajstić information content (AvgIpc) is 2.82. The van der Waals surface area contributed by atoms with E-state index >= 15 is 0 Å². The molecule has 0 aliphatic carbocycles. The van der Waals surface area contributed by atoms with Crippen LogP contribution in [-0.4, -0.2) is 51.2 Å². The topological polar surface area (TPSA) is 56.4 Å². The van der Waals surface area contributed by atoms with Crippen LogP contribution in [0, 0.1) is 0 Å². The zero-order valence-corrected chi connectivity index (χ0v) is 22.9. The molecule has 3 aromatic rings. The van der Waals surface area contributed by atoms with Crippen molar-refractivity contribution in [1.82, 2.24) is 15.5 Å². The molecular weight excluding hydrogens is 515 g/mol. The Kier molecular flexibility index (Phi) is 11.4. The molecule has 5 nitrogen and oxygen atoms in total. The molecule has 3 N–H and O–H groups in total. The Morgan fingerprint density at radius 1 is 0.861 bits per heavy atom. The van der Waals surface area contributed by atoms with E-state index < -0.39 is 0 Å². The second-order valence-corrected chi connectivity index (χ2v) is 10.3. The van der Waals surface area contributed by atoms with Gasteiger partial charge in [-0.25, -0.2) is 4.79 Å². The molecule has 0 heterocycles. The zero-order valence-electron chi connectivity index (χ0n) is 20.7. The van der Waals surface area contributed by atoms with Gasteiger partial charge in [0.2, 0.25) is 0 Å². The molecule has 0 radical (unpaired) electrons. The fourth-order valence-electron chi connectivity index (χ4n) is 3.94. The lowest BCUT2D eigenvalue weighted by Crippen LogP contribution is -2.33. The standard InChI is InChI=1S/C28H33Cl3N4O/c1-35(2)14-4-12-32-13-11-23(19-33-28(36)34-27-17-25(30)16-26(31)18-27)21-9-7-20(8-10-21)22-5-3-6-24(29)15-22/h3,5-10,15-18,23,32H,4,11-14,19H2,1-2H3,(H2,33,34,36). The van der Waals surface area contributed by atoms with Gasteiger partial charge in [-0.05, 0) is 93.6 Å². The maximum absolute atomic E-state index is 12.6. The number of halogens is 3. The van der Waals surface area contributed by atoms with Gasteiger partial charge in [-0.1, -0.05) is 71.2 Å². The summed E-state index contributed by atoms with van der Waals surface area (Å²) in [5.41, 5.74) is 3.90. The van der Waals surface area contributed by atoms with E-state index in [9.17, 15) is 4.79 Å². The van der Waals surface area contributed by atoms with Crippen LogP contribution in [0.25, 0.3) is 11.1 Å². The van der Waals surface area contributed by atoms with Gasteiger partial charge in [0, 0.05) is 33.2 Å². The molecule has 1 unspecified atom stereocenters. The van der Waals surface area contributed by atoms with Crippen molar-refractivity contribution in [2.75, 3.05) is 45.6 Å². The van der Waals surface area contributed by atoms with Gasteiger partial charge in [0.15, 0.2) is 0 Å². The van der Waals surface area contributed by atoms with E-state index in [-0.39, 0.29) is 11.9 Å². The SMILES string of the molecule is CN(C)CCCNCCC(CNC(=O)Nc1cc(Cl)cc(Cl)c1)c1ccc(-c2cccc(Cl)c2)cc1.